The van der Waals surface area contributed by atoms with Crippen molar-refractivity contribution in [3.63, 3.8) is 0 Å². The molecule has 0 bridgehead atoms. The third kappa shape index (κ3) is 3.65. The number of phenolic OH excluding ortho intramolecular Hbond substituents is 3. The van der Waals surface area contributed by atoms with Gasteiger partial charge < -0.3 is 49.3 Å². The van der Waals surface area contributed by atoms with Crippen LogP contribution in [0.25, 0.3) is 22.1 Å². The van der Waals surface area contributed by atoms with Gasteiger partial charge in [-0.2, -0.15) is 0 Å². The van der Waals surface area contributed by atoms with Crippen molar-refractivity contribution in [2.45, 2.75) is 30.7 Å². The predicted molar refractivity (Wildman–Crippen MR) is 112 cm³/mol. The maximum Gasteiger partial charge on any atom is 0.204 e. The van der Waals surface area contributed by atoms with Gasteiger partial charge in [-0.1, -0.05) is 6.07 Å². The number of aromatic hydroxyl groups is 3. The molecule has 176 valence electrons. The highest BCUT2D eigenvalue weighted by molar-refractivity contribution is 5.91. The Hall–Kier alpha value is -3.35. The molecule has 1 aromatic heterocycles. The number of aliphatic hydroxyl groups excluding tert-OH is 3. The summed E-state index contributed by atoms with van der Waals surface area (Å²) in [6.45, 7) is 0. The van der Waals surface area contributed by atoms with Crippen LogP contribution in [0.3, 0.4) is 0 Å². The summed E-state index contributed by atoms with van der Waals surface area (Å²) in [4.78, 5) is 13.3. The molecule has 6 N–H and O–H groups in total. The lowest BCUT2D eigenvalue weighted by Crippen LogP contribution is -2.54. The fraction of sp³-hybridized carbons (Fsp3) is 0.318. The van der Waals surface area contributed by atoms with Crippen molar-refractivity contribution in [3.05, 3.63) is 46.3 Å². The molecular weight excluding hydrogens is 440 g/mol. The van der Waals surface area contributed by atoms with E-state index in [1.807, 2.05) is 0 Å². The van der Waals surface area contributed by atoms with E-state index in [-0.39, 0.29) is 33.6 Å². The Balaban J connectivity index is 1.92. The van der Waals surface area contributed by atoms with E-state index in [4.69, 9.17) is 18.6 Å². The van der Waals surface area contributed by atoms with Crippen LogP contribution in [0.1, 0.15) is 11.7 Å². The van der Waals surface area contributed by atoms with Gasteiger partial charge in [-0.15, -0.1) is 0 Å². The first-order valence-corrected chi connectivity index (χ1v) is 9.79. The first-order valence-electron chi connectivity index (χ1n) is 9.79. The third-order valence-corrected chi connectivity index (χ3v) is 5.62. The molecule has 0 saturated carbocycles. The molecule has 11 nitrogen and oxygen atoms in total. The van der Waals surface area contributed by atoms with Gasteiger partial charge in [0.15, 0.2) is 23.4 Å². The highest BCUT2D eigenvalue weighted by Crippen LogP contribution is 2.43. The molecule has 1 aliphatic rings. The molecule has 1 fully saturated rings. The average molecular weight is 462 g/mol. The molecular formula is C22H22O11. The molecule has 2 heterocycles. The van der Waals surface area contributed by atoms with E-state index in [0.29, 0.717) is 5.56 Å². The Bertz CT molecular complexity index is 1250. The second kappa shape index (κ2) is 8.54. The fourth-order valence-corrected chi connectivity index (χ4v) is 3.90. The molecule has 0 aliphatic carbocycles. The topological polar surface area (TPSA) is 179 Å². The van der Waals surface area contributed by atoms with Gasteiger partial charge in [-0.25, -0.2) is 0 Å². The Morgan fingerprint density at radius 1 is 0.909 bits per heavy atom. The van der Waals surface area contributed by atoms with E-state index in [2.05, 4.69) is 0 Å². The second-order valence-corrected chi connectivity index (χ2v) is 7.53. The number of fused-ring (bicyclic) bond motifs is 1. The van der Waals surface area contributed by atoms with Crippen LogP contribution in [0, 0.1) is 0 Å². The zero-order valence-electron chi connectivity index (χ0n) is 17.5. The SMILES string of the molecule is COc1cc(-c2coc3c([C@H]4O[C@@H](OC)[C@H](O)[C@@H](O)[C@@H]4O)c(O)cc(O)c3c2=O)ccc1O. The Kier molecular flexibility index (Phi) is 5.91. The van der Waals surface area contributed by atoms with Crippen LogP contribution in [-0.2, 0) is 9.47 Å². The molecule has 0 radical (unpaired) electrons. The van der Waals surface area contributed by atoms with Crippen molar-refractivity contribution in [2.75, 3.05) is 14.2 Å². The maximum absolute atomic E-state index is 13.3. The van der Waals surface area contributed by atoms with Crippen LogP contribution in [-0.4, -0.2) is 69.5 Å². The number of aliphatic hydroxyl groups is 3. The van der Waals surface area contributed by atoms with E-state index in [1.165, 1.54) is 32.4 Å². The van der Waals surface area contributed by atoms with Gasteiger partial charge in [0.05, 0.1) is 18.2 Å². The first kappa shape index (κ1) is 22.8. The number of benzene rings is 2. The molecule has 33 heavy (non-hydrogen) atoms. The minimum Gasteiger partial charge on any atom is -0.507 e. The van der Waals surface area contributed by atoms with Crippen LogP contribution in [0.5, 0.6) is 23.0 Å². The lowest BCUT2D eigenvalue weighted by atomic mass is 9.91. The number of rotatable bonds is 4. The lowest BCUT2D eigenvalue weighted by molar-refractivity contribution is -0.292. The molecule has 3 aromatic rings. The van der Waals surface area contributed by atoms with Crippen molar-refractivity contribution < 1.29 is 49.3 Å². The summed E-state index contributed by atoms with van der Waals surface area (Å²) in [6.07, 6.45) is -6.75. The smallest absolute Gasteiger partial charge is 0.204 e. The van der Waals surface area contributed by atoms with E-state index in [0.717, 1.165) is 12.3 Å². The minimum atomic E-state index is -1.73. The highest BCUT2D eigenvalue weighted by Gasteiger charge is 2.46. The number of phenols is 3. The predicted octanol–water partition coefficient (Wildman–Crippen LogP) is 0.712. The maximum atomic E-state index is 13.3. The van der Waals surface area contributed by atoms with Crippen molar-refractivity contribution in [1.29, 1.82) is 0 Å². The average Bonchev–Trinajstić information content (AvgIpc) is 2.79. The zero-order chi connectivity index (χ0) is 24.0. The van der Waals surface area contributed by atoms with E-state index in [1.54, 1.807) is 0 Å². The molecule has 5 atom stereocenters. The summed E-state index contributed by atoms with van der Waals surface area (Å²) >= 11 is 0. The van der Waals surface area contributed by atoms with Gasteiger partial charge >= 0.3 is 0 Å². The standard InChI is InChI=1S/C22H22O11/c1-30-13-5-8(3-4-10(13)23)9-7-32-20-14(16(9)26)11(24)6-12(25)15(20)21-18(28)17(27)19(29)22(31-2)33-21/h3-7,17-19,21-25,27-29H,1-2H3/t17-,18-,19+,21+,22+/m0/s1. The number of hydrogen-bond donors (Lipinski definition) is 6. The highest BCUT2D eigenvalue weighted by atomic mass is 16.7. The van der Waals surface area contributed by atoms with Gasteiger partial charge in [0.1, 0.15) is 47.6 Å². The number of ether oxygens (including phenoxy) is 3. The molecule has 2 aromatic carbocycles. The summed E-state index contributed by atoms with van der Waals surface area (Å²) in [5, 5.41) is 61.1. The Morgan fingerprint density at radius 3 is 2.30 bits per heavy atom. The Morgan fingerprint density at radius 2 is 1.64 bits per heavy atom. The van der Waals surface area contributed by atoms with Crippen molar-refractivity contribution in [3.8, 4) is 34.1 Å². The molecule has 4 rings (SSSR count). The summed E-state index contributed by atoms with van der Waals surface area (Å²) in [5.74, 6) is -1.20. The second-order valence-electron chi connectivity index (χ2n) is 7.53. The molecule has 0 amide bonds. The van der Waals surface area contributed by atoms with Crippen molar-refractivity contribution >= 4 is 11.0 Å². The van der Waals surface area contributed by atoms with E-state index in [9.17, 15) is 35.4 Å². The summed E-state index contributed by atoms with van der Waals surface area (Å²) < 4.78 is 21.2. The van der Waals surface area contributed by atoms with Crippen molar-refractivity contribution in [1.82, 2.24) is 0 Å². The Labute approximate surface area is 186 Å². The van der Waals surface area contributed by atoms with Gasteiger partial charge in [0.2, 0.25) is 5.43 Å². The summed E-state index contributed by atoms with van der Waals surface area (Å²) in [6, 6.07) is 5.05. The molecule has 0 unspecified atom stereocenters. The van der Waals surface area contributed by atoms with Crippen LogP contribution < -0.4 is 10.2 Å². The van der Waals surface area contributed by atoms with Crippen LogP contribution >= 0.6 is 0 Å². The molecule has 11 heteroatoms. The van der Waals surface area contributed by atoms with Crippen LogP contribution in [0.2, 0.25) is 0 Å². The van der Waals surface area contributed by atoms with E-state index < -0.39 is 47.6 Å². The van der Waals surface area contributed by atoms with Crippen molar-refractivity contribution in [2.24, 2.45) is 0 Å². The van der Waals surface area contributed by atoms with E-state index >= 15 is 0 Å². The van der Waals surface area contributed by atoms with Gasteiger partial charge in [0, 0.05) is 13.2 Å². The van der Waals surface area contributed by atoms with Crippen LogP contribution in [0.4, 0.5) is 0 Å². The first-order chi connectivity index (χ1) is 15.7. The lowest BCUT2D eigenvalue weighted by Gasteiger charge is -2.40. The molecule has 1 saturated heterocycles. The van der Waals surface area contributed by atoms with Gasteiger partial charge in [-0.3, -0.25) is 4.79 Å². The van der Waals surface area contributed by atoms with Gasteiger partial charge in [-0.05, 0) is 17.7 Å². The number of methoxy groups -OCH3 is 2. The largest absolute Gasteiger partial charge is 0.507 e. The molecule has 1 aliphatic heterocycles. The fourth-order valence-electron chi connectivity index (χ4n) is 3.90. The number of hydrogen-bond acceptors (Lipinski definition) is 11. The summed E-state index contributed by atoms with van der Waals surface area (Å²) in [5.41, 5.74) is -0.869. The minimum absolute atomic E-state index is 0.0167. The zero-order valence-corrected chi connectivity index (χ0v) is 17.5. The summed E-state index contributed by atoms with van der Waals surface area (Å²) in [7, 11) is 2.55. The normalized spacial score (nSPS) is 25.3. The quantitative estimate of drug-likeness (QED) is 0.321. The monoisotopic (exact) mass is 462 g/mol. The molecule has 0 spiro atoms. The van der Waals surface area contributed by atoms with Crippen LogP contribution in [0.15, 0.2) is 39.7 Å². The van der Waals surface area contributed by atoms with Gasteiger partial charge in [0.25, 0.3) is 0 Å². The third-order valence-electron chi connectivity index (χ3n) is 5.62.